The third kappa shape index (κ3) is 5.06. The molecule has 25 heavy (non-hydrogen) atoms. The summed E-state index contributed by atoms with van der Waals surface area (Å²) in [6, 6.07) is 4.02. The summed E-state index contributed by atoms with van der Waals surface area (Å²) in [4.78, 5) is 21.0. The van der Waals surface area contributed by atoms with Crippen LogP contribution in [-0.4, -0.2) is 68.5 Å². The molecule has 0 radical (unpaired) electrons. The maximum Gasteiger partial charge on any atom is 0.317 e. The molecule has 2 amide bonds. The van der Waals surface area contributed by atoms with Gasteiger partial charge in [0.05, 0.1) is 19.8 Å². The minimum Gasteiger partial charge on any atom is -0.381 e. The highest BCUT2D eigenvalue weighted by atomic mass is 16.5. The largest absolute Gasteiger partial charge is 0.381 e. The summed E-state index contributed by atoms with van der Waals surface area (Å²) >= 11 is 0. The topological polar surface area (TPSA) is 66.9 Å². The summed E-state index contributed by atoms with van der Waals surface area (Å²) < 4.78 is 10.8. The number of nitrogens with zero attached hydrogens (tertiary/aromatic N) is 3. The van der Waals surface area contributed by atoms with E-state index in [9.17, 15) is 4.79 Å². The van der Waals surface area contributed by atoms with Crippen LogP contribution >= 0.6 is 0 Å². The van der Waals surface area contributed by atoms with Crippen LogP contribution in [0.1, 0.15) is 18.9 Å². The Bertz CT molecular complexity index is 540. The van der Waals surface area contributed by atoms with E-state index >= 15 is 0 Å². The van der Waals surface area contributed by atoms with Gasteiger partial charge >= 0.3 is 6.03 Å². The van der Waals surface area contributed by atoms with Crippen molar-refractivity contribution >= 4 is 11.8 Å². The quantitative estimate of drug-likeness (QED) is 0.844. The maximum atomic E-state index is 12.4. The SMILES string of the molecule is CCN(C[C@@H]1CCOC1)C(=O)NCc1ccc(N2CCOCC2)nc1. The Morgan fingerprint density at radius 3 is 2.80 bits per heavy atom. The number of morpholine rings is 1. The fourth-order valence-electron chi connectivity index (χ4n) is 3.18. The molecule has 1 atom stereocenters. The lowest BCUT2D eigenvalue weighted by molar-refractivity contribution is 0.122. The molecular weight excluding hydrogens is 320 g/mol. The number of pyridine rings is 1. The molecule has 138 valence electrons. The minimum absolute atomic E-state index is 0.0216. The van der Waals surface area contributed by atoms with Crippen LogP contribution in [0.2, 0.25) is 0 Å². The molecule has 0 aromatic carbocycles. The average Bonchev–Trinajstić information content (AvgIpc) is 3.18. The molecule has 7 nitrogen and oxygen atoms in total. The van der Waals surface area contributed by atoms with Crippen LogP contribution in [0.15, 0.2) is 18.3 Å². The Hall–Kier alpha value is -1.86. The fourth-order valence-corrected chi connectivity index (χ4v) is 3.18. The number of nitrogens with one attached hydrogen (secondary N) is 1. The van der Waals surface area contributed by atoms with Crippen molar-refractivity contribution in [1.29, 1.82) is 0 Å². The number of aromatic nitrogens is 1. The van der Waals surface area contributed by atoms with Gasteiger partial charge in [-0.15, -0.1) is 0 Å². The standard InChI is InChI=1S/C18H28N4O3/c1-2-21(13-16-5-8-25-14-16)18(23)20-12-15-3-4-17(19-11-15)22-6-9-24-10-7-22/h3-4,11,16H,2,5-10,12-14H2,1H3,(H,20,23)/t16-/m0/s1. The zero-order chi connectivity index (χ0) is 17.5. The van der Waals surface area contributed by atoms with Gasteiger partial charge in [0.1, 0.15) is 5.82 Å². The summed E-state index contributed by atoms with van der Waals surface area (Å²) in [6.45, 7) is 8.78. The number of amides is 2. The van der Waals surface area contributed by atoms with Crippen LogP contribution in [0.25, 0.3) is 0 Å². The van der Waals surface area contributed by atoms with E-state index in [0.717, 1.165) is 63.9 Å². The van der Waals surface area contributed by atoms with Gasteiger partial charge in [0.25, 0.3) is 0 Å². The van der Waals surface area contributed by atoms with E-state index in [0.29, 0.717) is 19.0 Å². The van der Waals surface area contributed by atoms with Crippen LogP contribution in [0.5, 0.6) is 0 Å². The maximum absolute atomic E-state index is 12.4. The normalized spacial score (nSPS) is 20.5. The van der Waals surface area contributed by atoms with Crippen molar-refractivity contribution in [2.75, 3.05) is 57.5 Å². The minimum atomic E-state index is -0.0216. The van der Waals surface area contributed by atoms with Gasteiger partial charge in [0.2, 0.25) is 0 Å². The summed E-state index contributed by atoms with van der Waals surface area (Å²) in [5.41, 5.74) is 1.01. The Morgan fingerprint density at radius 1 is 1.32 bits per heavy atom. The van der Waals surface area contributed by atoms with E-state index in [-0.39, 0.29) is 6.03 Å². The Balaban J connectivity index is 1.47. The molecule has 2 aliphatic rings. The Labute approximate surface area is 149 Å². The first-order valence-corrected chi connectivity index (χ1v) is 9.14. The van der Waals surface area contributed by atoms with Gasteiger partial charge in [0, 0.05) is 51.4 Å². The van der Waals surface area contributed by atoms with Crippen molar-refractivity contribution in [3.05, 3.63) is 23.9 Å². The van der Waals surface area contributed by atoms with Gasteiger partial charge in [-0.3, -0.25) is 0 Å². The molecule has 2 fully saturated rings. The van der Waals surface area contributed by atoms with Crippen molar-refractivity contribution in [2.24, 2.45) is 5.92 Å². The van der Waals surface area contributed by atoms with Crippen molar-refractivity contribution in [3.8, 4) is 0 Å². The predicted molar refractivity (Wildman–Crippen MR) is 95.7 cm³/mol. The monoisotopic (exact) mass is 348 g/mol. The first-order valence-electron chi connectivity index (χ1n) is 9.14. The molecule has 7 heteroatoms. The summed E-state index contributed by atoms with van der Waals surface area (Å²) in [5.74, 6) is 1.43. The molecule has 3 rings (SSSR count). The van der Waals surface area contributed by atoms with Crippen molar-refractivity contribution in [1.82, 2.24) is 15.2 Å². The van der Waals surface area contributed by atoms with E-state index < -0.39 is 0 Å². The number of anilines is 1. The lowest BCUT2D eigenvalue weighted by atomic mass is 10.1. The van der Waals surface area contributed by atoms with Gasteiger partial charge in [0.15, 0.2) is 0 Å². The zero-order valence-corrected chi connectivity index (χ0v) is 14.9. The third-order valence-corrected chi connectivity index (χ3v) is 4.76. The van der Waals surface area contributed by atoms with Gasteiger partial charge in [-0.2, -0.15) is 0 Å². The highest BCUT2D eigenvalue weighted by molar-refractivity contribution is 5.74. The van der Waals surface area contributed by atoms with Crippen LogP contribution < -0.4 is 10.2 Å². The molecule has 3 heterocycles. The second kappa shape index (κ2) is 9.01. The third-order valence-electron chi connectivity index (χ3n) is 4.76. The number of ether oxygens (including phenoxy) is 2. The molecule has 0 bridgehead atoms. The highest BCUT2D eigenvalue weighted by Gasteiger charge is 2.21. The summed E-state index contributed by atoms with van der Waals surface area (Å²) in [7, 11) is 0. The number of rotatable bonds is 6. The Kier molecular flexibility index (Phi) is 6.47. The van der Waals surface area contributed by atoms with Gasteiger partial charge in [-0.05, 0) is 25.0 Å². The van der Waals surface area contributed by atoms with Crippen LogP contribution in [-0.2, 0) is 16.0 Å². The smallest absolute Gasteiger partial charge is 0.317 e. The average molecular weight is 348 g/mol. The second-order valence-corrected chi connectivity index (χ2v) is 6.55. The number of carbonyl (C=O) groups is 1. The first kappa shape index (κ1) is 17.9. The van der Waals surface area contributed by atoms with E-state index in [1.165, 1.54) is 0 Å². The molecule has 0 aliphatic carbocycles. The molecule has 1 aromatic heterocycles. The molecule has 0 saturated carbocycles. The van der Waals surface area contributed by atoms with Crippen molar-refractivity contribution in [2.45, 2.75) is 19.9 Å². The second-order valence-electron chi connectivity index (χ2n) is 6.55. The molecule has 2 saturated heterocycles. The molecular formula is C18H28N4O3. The first-order chi connectivity index (χ1) is 12.3. The lowest BCUT2D eigenvalue weighted by Gasteiger charge is -2.27. The van der Waals surface area contributed by atoms with Gasteiger partial charge < -0.3 is 24.6 Å². The van der Waals surface area contributed by atoms with Gasteiger partial charge in [-0.1, -0.05) is 6.07 Å². The van der Waals surface area contributed by atoms with E-state index in [2.05, 4.69) is 15.2 Å². The molecule has 0 unspecified atom stereocenters. The van der Waals surface area contributed by atoms with Crippen molar-refractivity contribution < 1.29 is 14.3 Å². The van der Waals surface area contributed by atoms with E-state index in [4.69, 9.17) is 9.47 Å². The molecule has 2 aliphatic heterocycles. The fraction of sp³-hybridized carbons (Fsp3) is 0.667. The van der Waals surface area contributed by atoms with Crippen LogP contribution in [0.3, 0.4) is 0 Å². The van der Waals surface area contributed by atoms with Crippen LogP contribution in [0.4, 0.5) is 10.6 Å². The molecule has 0 spiro atoms. The molecule has 1 aromatic rings. The highest BCUT2D eigenvalue weighted by Crippen LogP contribution is 2.15. The summed E-state index contributed by atoms with van der Waals surface area (Å²) in [6.07, 6.45) is 2.88. The van der Waals surface area contributed by atoms with Crippen LogP contribution in [0, 0.1) is 5.92 Å². The van der Waals surface area contributed by atoms with Crippen molar-refractivity contribution in [3.63, 3.8) is 0 Å². The number of carbonyl (C=O) groups excluding carboxylic acids is 1. The Morgan fingerprint density at radius 2 is 2.16 bits per heavy atom. The zero-order valence-electron chi connectivity index (χ0n) is 14.9. The number of hydrogen-bond acceptors (Lipinski definition) is 5. The number of urea groups is 1. The summed E-state index contributed by atoms with van der Waals surface area (Å²) in [5, 5.41) is 3.00. The molecule has 1 N–H and O–H groups in total. The predicted octanol–water partition coefficient (Wildman–Crippen LogP) is 1.49. The van der Waals surface area contributed by atoms with Gasteiger partial charge in [-0.25, -0.2) is 9.78 Å². The van der Waals surface area contributed by atoms with E-state index in [1.54, 1.807) is 0 Å². The number of hydrogen-bond donors (Lipinski definition) is 1. The lowest BCUT2D eigenvalue weighted by Crippen LogP contribution is -2.42. The van der Waals surface area contributed by atoms with E-state index in [1.807, 2.05) is 30.2 Å².